The molecule has 0 saturated heterocycles. The largest absolute Gasteiger partial charge is 0.465 e. The van der Waals surface area contributed by atoms with E-state index in [0.717, 1.165) is 10.4 Å². The van der Waals surface area contributed by atoms with Gasteiger partial charge in [-0.25, -0.2) is 4.79 Å². The van der Waals surface area contributed by atoms with Crippen LogP contribution in [0.5, 0.6) is 0 Å². The molecule has 6 heteroatoms. The molecule has 116 valence electrons. The lowest BCUT2D eigenvalue weighted by Crippen LogP contribution is -2.31. The third kappa shape index (κ3) is 4.05. The Morgan fingerprint density at radius 1 is 1.32 bits per heavy atom. The number of methoxy groups -OCH3 is 1. The molecular formula is C16H18N2O2S2. The SMILES string of the molecule is COC(=O)c1cc(C)sc1NC(=S)N[C@H](C)c1ccccc1. The highest BCUT2D eigenvalue weighted by atomic mass is 32.1. The van der Waals surface area contributed by atoms with Crippen LogP contribution >= 0.6 is 23.6 Å². The van der Waals surface area contributed by atoms with Gasteiger partial charge in [0.05, 0.1) is 18.7 Å². The zero-order valence-corrected chi connectivity index (χ0v) is 14.3. The minimum absolute atomic E-state index is 0.0730. The molecular weight excluding hydrogens is 316 g/mol. The average Bonchev–Trinajstić information content (AvgIpc) is 2.87. The van der Waals surface area contributed by atoms with E-state index < -0.39 is 0 Å². The van der Waals surface area contributed by atoms with E-state index in [1.807, 2.05) is 44.2 Å². The van der Waals surface area contributed by atoms with Crippen molar-refractivity contribution in [2.45, 2.75) is 19.9 Å². The summed E-state index contributed by atoms with van der Waals surface area (Å²) in [6.07, 6.45) is 0. The molecule has 0 saturated carbocycles. The van der Waals surface area contributed by atoms with Crippen LogP contribution in [0.4, 0.5) is 5.00 Å². The molecule has 0 aliphatic carbocycles. The van der Waals surface area contributed by atoms with Crippen molar-refractivity contribution in [1.82, 2.24) is 5.32 Å². The summed E-state index contributed by atoms with van der Waals surface area (Å²) in [4.78, 5) is 12.8. The molecule has 0 spiro atoms. The molecule has 4 nitrogen and oxygen atoms in total. The van der Waals surface area contributed by atoms with Crippen molar-refractivity contribution < 1.29 is 9.53 Å². The van der Waals surface area contributed by atoms with E-state index in [4.69, 9.17) is 17.0 Å². The highest BCUT2D eigenvalue weighted by molar-refractivity contribution is 7.80. The lowest BCUT2D eigenvalue weighted by atomic mass is 10.1. The summed E-state index contributed by atoms with van der Waals surface area (Å²) in [6.45, 7) is 3.97. The molecule has 0 radical (unpaired) electrons. The van der Waals surface area contributed by atoms with E-state index in [9.17, 15) is 4.79 Å². The van der Waals surface area contributed by atoms with Crippen molar-refractivity contribution in [2.75, 3.05) is 12.4 Å². The van der Waals surface area contributed by atoms with Gasteiger partial charge in [0.1, 0.15) is 5.00 Å². The summed E-state index contributed by atoms with van der Waals surface area (Å²) >= 11 is 6.81. The maximum absolute atomic E-state index is 11.8. The first-order chi connectivity index (χ1) is 10.5. The van der Waals surface area contributed by atoms with Crippen LogP contribution in [0, 0.1) is 6.92 Å². The topological polar surface area (TPSA) is 50.4 Å². The fourth-order valence-electron chi connectivity index (χ4n) is 2.03. The number of carbonyl (C=O) groups is 1. The maximum Gasteiger partial charge on any atom is 0.340 e. The van der Waals surface area contributed by atoms with E-state index in [0.29, 0.717) is 15.7 Å². The quantitative estimate of drug-likeness (QED) is 0.656. The minimum Gasteiger partial charge on any atom is -0.465 e. The van der Waals surface area contributed by atoms with Gasteiger partial charge in [-0.1, -0.05) is 30.3 Å². The van der Waals surface area contributed by atoms with Gasteiger partial charge in [0, 0.05) is 4.88 Å². The van der Waals surface area contributed by atoms with Crippen molar-refractivity contribution in [3.8, 4) is 0 Å². The van der Waals surface area contributed by atoms with Crippen molar-refractivity contribution in [2.24, 2.45) is 0 Å². The van der Waals surface area contributed by atoms with Crippen LogP contribution in [-0.2, 0) is 4.74 Å². The number of nitrogens with one attached hydrogen (secondary N) is 2. The van der Waals surface area contributed by atoms with Crippen molar-refractivity contribution in [3.05, 3.63) is 52.4 Å². The van der Waals surface area contributed by atoms with Crippen LogP contribution in [0.3, 0.4) is 0 Å². The highest BCUT2D eigenvalue weighted by Gasteiger charge is 2.16. The van der Waals surface area contributed by atoms with Gasteiger partial charge in [-0.3, -0.25) is 0 Å². The molecule has 2 N–H and O–H groups in total. The molecule has 0 bridgehead atoms. The number of esters is 1. The van der Waals surface area contributed by atoms with Crippen LogP contribution in [-0.4, -0.2) is 18.2 Å². The Kier molecular flexibility index (Phi) is 5.51. The lowest BCUT2D eigenvalue weighted by Gasteiger charge is -2.17. The first-order valence-corrected chi connectivity index (χ1v) is 8.05. The standard InChI is InChI=1S/C16H18N2O2S2/c1-10-9-13(15(19)20-3)14(22-10)18-16(21)17-11(2)12-7-5-4-6-8-12/h4-9,11H,1-3H3,(H2,17,18,21)/t11-/m1/s1. The molecule has 0 aliphatic heterocycles. The predicted octanol–water partition coefficient (Wildman–Crippen LogP) is 3.89. The highest BCUT2D eigenvalue weighted by Crippen LogP contribution is 2.28. The monoisotopic (exact) mass is 334 g/mol. The number of thiocarbonyl (C=S) groups is 1. The summed E-state index contributed by atoms with van der Waals surface area (Å²) in [6, 6.07) is 11.9. The Hall–Kier alpha value is -1.92. The predicted molar refractivity (Wildman–Crippen MR) is 94.6 cm³/mol. The zero-order chi connectivity index (χ0) is 16.1. The Morgan fingerprint density at radius 2 is 2.00 bits per heavy atom. The molecule has 2 rings (SSSR count). The smallest absolute Gasteiger partial charge is 0.340 e. The number of benzene rings is 1. The van der Waals surface area contributed by atoms with Gasteiger partial charge in [-0.15, -0.1) is 11.3 Å². The first-order valence-electron chi connectivity index (χ1n) is 6.82. The third-order valence-corrected chi connectivity index (χ3v) is 4.32. The normalized spacial score (nSPS) is 11.6. The van der Waals surface area contributed by atoms with Crippen LogP contribution in [0.2, 0.25) is 0 Å². The summed E-state index contributed by atoms with van der Waals surface area (Å²) < 4.78 is 4.79. The molecule has 1 aromatic heterocycles. The van der Waals surface area contributed by atoms with Crippen LogP contribution in [0.15, 0.2) is 36.4 Å². The number of hydrogen-bond donors (Lipinski definition) is 2. The van der Waals surface area contributed by atoms with Crippen molar-refractivity contribution >= 4 is 39.6 Å². The molecule has 22 heavy (non-hydrogen) atoms. The molecule has 0 unspecified atom stereocenters. The average molecular weight is 334 g/mol. The second-order valence-corrected chi connectivity index (χ2v) is 6.49. The minimum atomic E-state index is -0.370. The Labute approximate surface area is 139 Å². The number of carbonyl (C=O) groups excluding carboxylic acids is 1. The van der Waals surface area contributed by atoms with E-state index in [1.54, 1.807) is 6.07 Å². The van der Waals surface area contributed by atoms with E-state index in [-0.39, 0.29) is 12.0 Å². The molecule has 1 aromatic carbocycles. The second-order valence-electron chi connectivity index (χ2n) is 4.82. The number of aryl methyl sites for hydroxylation is 1. The summed E-state index contributed by atoms with van der Waals surface area (Å²) in [7, 11) is 1.37. The fourth-order valence-corrected chi connectivity index (χ4v) is 3.28. The Morgan fingerprint density at radius 3 is 2.64 bits per heavy atom. The zero-order valence-electron chi connectivity index (χ0n) is 12.7. The van der Waals surface area contributed by atoms with Gasteiger partial charge in [-0.05, 0) is 37.7 Å². The van der Waals surface area contributed by atoms with Crippen LogP contribution < -0.4 is 10.6 Å². The van der Waals surface area contributed by atoms with E-state index >= 15 is 0 Å². The van der Waals surface area contributed by atoms with Gasteiger partial charge < -0.3 is 15.4 Å². The lowest BCUT2D eigenvalue weighted by molar-refractivity contribution is 0.0602. The summed E-state index contributed by atoms with van der Waals surface area (Å²) in [5, 5.41) is 7.47. The molecule has 0 aliphatic rings. The van der Waals surface area contributed by atoms with Gasteiger partial charge in [0.25, 0.3) is 0 Å². The van der Waals surface area contributed by atoms with Crippen molar-refractivity contribution in [1.29, 1.82) is 0 Å². The number of thiophene rings is 1. The Bertz CT molecular complexity index is 668. The second kappa shape index (κ2) is 7.38. The fraction of sp³-hybridized carbons (Fsp3) is 0.250. The van der Waals surface area contributed by atoms with Crippen LogP contribution in [0.25, 0.3) is 0 Å². The number of ether oxygens (including phenoxy) is 1. The maximum atomic E-state index is 11.8. The molecule has 0 amide bonds. The molecule has 2 aromatic rings. The number of hydrogen-bond acceptors (Lipinski definition) is 4. The number of rotatable bonds is 4. The van der Waals surface area contributed by atoms with Crippen LogP contribution in [0.1, 0.15) is 33.8 Å². The third-order valence-electron chi connectivity index (χ3n) is 3.13. The van der Waals surface area contributed by atoms with Gasteiger partial charge in [0.15, 0.2) is 5.11 Å². The Balaban J connectivity index is 2.05. The molecule has 1 atom stereocenters. The first kappa shape index (κ1) is 16.5. The van der Waals surface area contributed by atoms with Gasteiger partial charge >= 0.3 is 5.97 Å². The summed E-state index contributed by atoms with van der Waals surface area (Å²) in [5.74, 6) is -0.370. The van der Waals surface area contributed by atoms with Gasteiger partial charge in [0.2, 0.25) is 0 Å². The molecule has 0 fully saturated rings. The van der Waals surface area contributed by atoms with Gasteiger partial charge in [-0.2, -0.15) is 0 Å². The van der Waals surface area contributed by atoms with Crippen molar-refractivity contribution in [3.63, 3.8) is 0 Å². The molecule has 1 heterocycles. The summed E-state index contributed by atoms with van der Waals surface area (Å²) in [5.41, 5.74) is 1.64. The van der Waals surface area contributed by atoms with E-state index in [2.05, 4.69) is 10.6 Å². The van der Waals surface area contributed by atoms with E-state index in [1.165, 1.54) is 18.4 Å². The number of anilines is 1.